The van der Waals surface area contributed by atoms with Crippen molar-refractivity contribution in [3.05, 3.63) is 35.9 Å². The number of benzene rings is 1. The zero-order chi connectivity index (χ0) is 16.9. The number of amides is 1. The second-order valence-electron chi connectivity index (χ2n) is 6.79. The summed E-state index contributed by atoms with van der Waals surface area (Å²) in [6, 6.07) is 9.69. The van der Waals surface area contributed by atoms with Gasteiger partial charge in [-0.05, 0) is 44.3 Å². The standard InChI is InChI=1S/C19H31N3O.2ClH/c1-4-21(5-2)15-16-11-13-22(14-12-16)18(23)19(3,20)17-9-7-6-8-10-17;;/h6-10,16H,4-5,11-15,20H2,1-3H3;2*1H. The van der Waals surface area contributed by atoms with Gasteiger partial charge in [-0.2, -0.15) is 0 Å². The lowest BCUT2D eigenvalue weighted by Gasteiger charge is -2.38. The van der Waals surface area contributed by atoms with E-state index in [4.69, 9.17) is 5.73 Å². The highest BCUT2D eigenvalue weighted by Gasteiger charge is 2.36. The summed E-state index contributed by atoms with van der Waals surface area (Å²) in [4.78, 5) is 17.3. The molecule has 1 aliphatic heterocycles. The fraction of sp³-hybridized carbons (Fsp3) is 0.632. The molecule has 1 heterocycles. The van der Waals surface area contributed by atoms with Crippen molar-refractivity contribution in [2.24, 2.45) is 11.7 Å². The first-order chi connectivity index (χ1) is 11.0. The molecular weight excluding hydrogens is 357 g/mol. The van der Waals surface area contributed by atoms with Crippen LogP contribution in [0.15, 0.2) is 30.3 Å². The van der Waals surface area contributed by atoms with Gasteiger partial charge < -0.3 is 15.5 Å². The molecule has 1 unspecified atom stereocenters. The van der Waals surface area contributed by atoms with Crippen LogP contribution in [0.3, 0.4) is 0 Å². The SMILES string of the molecule is CCN(CC)CC1CCN(C(=O)C(C)(N)c2ccccc2)CC1.Cl.Cl. The zero-order valence-corrected chi connectivity index (χ0v) is 17.2. The third kappa shape index (κ3) is 6.14. The van der Waals surface area contributed by atoms with E-state index in [2.05, 4.69) is 18.7 Å². The summed E-state index contributed by atoms with van der Waals surface area (Å²) in [7, 11) is 0. The topological polar surface area (TPSA) is 49.6 Å². The summed E-state index contributed by atoms with van der Waals surface area (Å²) < 4.78 is 0. The molecule has 1 fully saturated rings. The molecule has 4 nitrogen and oxygen atoms in total. The van der Waals surface area contributed by atoms with Gasteiger partial charge in [0, 0.05) is 19.6 Å². The number of carbonyl (C=O) groups is 1. The van der Waals surface area contributed by atoms with Gasteiger partial charge in [0.15, 0.2) is 0 Å². The van der Waals surface area contributed by atoms with Crippen LogP contribution in [0.2, 0.25) is 0 Å². The summed E-state index contributed by atoms with van der Waals surface area (Å²) in [5, 5.41) is 0. The highest BCUT2D eigenvalue weighted by atomic mass is 35.5. The average molecular weight is 390 g/mol. The van der Waals surface area contributed by atoms with Crippen LogP contribution in [-0.4, -0.2) is 48.4 Å². The number of hydrogen-bond acceptors (Lipinski definition) is 3. The molecule has 1 atom stereocenters. The van der Waals surface area contributed by atoms with Gasteiger partial charge in [-0.3, -0.25) is 4.79 Å². The van der Waals surface area contributed by atoms with Crippen LogP contribution < -0.4 is 5.73 Å². The minimum atomic E-state index is -0.938. The van der Waals surface area contributed by atoms with Crippen molar-refractivity contribution >= 4 is 30.7 Å². The van der Waals surface area contributed by atoms with Crippen LogP contribution in [0, 0.1) is 5.92 Å². The van der Waals surface area contributed by atoms with Gasteiger partial charge in [0.1, 0.15) is 5.54 Å². The van der Waals surface area contributed by atoms with Gasteiger partial charge in [-0.1, -0.05) is 44.2 Å². The Bertz CT molecular complexity index is 499. The number of nitrogens with two attached hydrogens (primary N) is 1. The van der Waals surface area contributed by atoms with Gasteiger partial charge in [0.25, 0.3) is 0 Å². The quantitative estimate of drug-likeness (QED) is 0.811. The number of hydrogen-bond donors (Lipinski definition) is 1. The summed E-state index contributed by atoms with van der Waals surface area (Å²) in [5.41, 5.74) is 6.32. The zero-order valence-electron chi connectivity index (χ0n) is 15.6. The molecule has 0 saturated carbocycles. The number of nitrogens with zero attached hydrogens (tertiary/aromatic N) is 2. The van der Waals surface area contributed by atoms with Crippen LogP contribution in [0.1, 0.15) is 39.2 Å². The van der Waals surface area contributed by atoms with E-state index in [0.717, 1.165) is 51.1 Å². The highest BCUT2D eigenvalue weighted by Crippen LogP contribution is 2.25. The van der Waals surface area contributed by atoms with Crippen molar-refractivity contribution in [3.8, 4) is 0 Å². The van der Waals surface area contributed by atoms with E-state index >= 15 is 0 Å². The maximum absolute atomic E-state index is 12.9. The molecule has 2 rings (SSSR count). The molecule has 0 aromatic heterocycles. The summed E-state index contributed by atoms with van der Waals surface area (Å²) >= 11 is 0. The Kier molecular flexibility index (Phi) is 10.7. The number of carbonyl (C=O) groups excluding carboxylic acids is 1. The molecular formula is C19H33Cl2N3O. The first-order valence-electron chi connectivity index (χ1n) is 8.85. The van der Waals surface area contributed by atoms with Crippen molar-refractivity contribution in [3.63, 3.8) is 0 Å². The highest BCUT2D eigenvalue weighted by molar-refractivity contribution is 5.87. The molecule has 0 bridgehead atoms. The van der Waals surface area contributed by atoms with Crippen LogP contribution in [0.4, 0.5) is 0 Å². The molecule has 0 aliphatic carbocycles. The first kappa shape index (κ1) is 24.2. The fourth-order valence-electron chi connectivity index (χ4n) is 3.40. The predicted molar refractivity (Wildman–Crippen MR) is 110 cm³/mol. The fourth-order valence-corrected chi connectivity index (χ4v) is 3.40. The van der Waals surface area contributed by atoms with Crippen molar-refractivity contribution in [2.75, 3.05) is 32.7 Å². The van der Waals surface area contributed by atoms with Crippen LogP contribution in [0.25, 0.3) is 0 Å². The third-order valence-electron chi connectivity index (χ3n) is 5.13. The van der Waals surface area contributed by atoms with E-state index in [-0.39, 0.29) is 30.7 Å². The molecule has 144 valence electrons. The largest absolute Gasteiger partial charge is 0.341 e. The van der Waals surface area contributed by atoms with E-state index in [1.807, 2.05) is 42.2 Å². The van der Waals surface area contributed by atoms with E-state index in [9.17, 15) is 4.79 Å². The van der Waals surface area contributed by atoms with Gasteiger partial charge in [0.05, 0.1) is 0 Å². The smallest absolute Gasteiger partial charge is 0.246 e. The minimum Gasteiger partial charge on any atom is -0.341 e. The van der Waals surface area contributed by atoms with Gasteiger partial charge in [0.2, 0.25) is 5.91 Å². The van der Waals surface area contributed by atoms with Gasteiger partial charge in [-0.25, -0.2) is 0 Å². The van der Waals surface area contributed by atoms with Crippen LogP contribution in [-0.2, 0) is 10.3 Å². The average Bonchev–Trinajstić information content (AvgIpc) is 2.60. The van der Waals surface area contributed by atoms with E-state index in [1.54, 1.807) is 0 Å². The van der Waals surface area contributed by atoms with Gasteiger partial charge >= 0.3 is 0 Å². The monoisotopic (exact) mass is 389 g/mol. The normalized spacial score (nSPS) is 17.4. The molecule has 1 aromatic rings. The van der Waals surface area contributed by atoms with E-state index in [0.29, 0.717) is 5.92 Å². The summed E-state index contributed by atoms with van der Waals surface area (Å²) in [6.07, 6.45) is 2.15. The van der Waals surface area contributed by atoms with Gasteiger partial charge in [-0.15, -0.1) is 24.8 Å². The molecule has 1 saturated heterocycles. The Balaban J connectivity index is 0.00000288. The van der Waals surface area contributed by atoms with Crippen molar-refractivity contribution in [1.29, 1.82) is 0 Å². The van der Waals surface area contributed by atoms with Crippen LogP contribution >= 0.6 is 24.8 Å². The molecule has 1 aliphatic rings. The molecule has 2 N–H and O–H groups in total. The van der Waals surface area contributed by atoms with E-state index < -0.39 is 5.54 Å². The maximum Gasteiger partial charge on any atom is 0.246 e. The molecule has 0 spiro atoms. The predicted octanol–water partition coefficient (Wildman–Crippen LogP) is 3.28. The molecule has 6 heteroatoms. The Labute approximate surface area is 164 Å². The lowest BCUT2D eigenvalue weighted by molar-refractivity contribution is -0.138. The first-order valence-corrected chi connectivity index (χ1v) is 8.85. The second-order valence-corrected chi connectivity index (χ2v) is 6.79. The Morgan fingerprint density at radius 1 is 1.16 bits per heavy atom. The number of likely N-dealkylation sites (tertiary alicyclic amines) is 1. The minimum absolute atomic E-state index is 0. The summed E-state index contributed by atoms with van der Waals surface area (Å²) in [6.45, 7) is 11.2. The molecule has 25 heavy (non-hydrogen) atoms. The number of piperidine rings is 1. The Morgan fingerprint density at radius 2 is 1.68 bits per heavy atom. The lowest BCUT2D eigenvalue weighted by Crippen LogP contribution is -2.53. The lowest BCUT2D eigenvalue weighted by atomic mass is 9.89. The maximum atomic E-state index is 12.9. The third-order valence-corrected chi connectivity index (χ3v) is 5.13. The van der Waals surface area contributed by atoms with Crippen LogP contribution in [0.5, 0.6) is 0 Å². The Hall–Kier alpha value is -0.810. The molecule has 1 amide bonds. The number of rotatable bonds is 6. The molecule has 1 aromatic carbocycles. The van der Waals surface area contributed by atoms with E-state index in [1.165, 1.54) is 0 Å². The Morgan fingerprint density at radius 3 is 2.16 bits per heavy atom. The second kappa shape index (κ2) is 11.0. The van der Waals surface area contributed by atoms with Crippen molar-refractivity contribution < 1.29 is 4.79 Å². The molecule has 0 radical (unpaired) electrons. The van der Waals surface area contributed by atoms with Crippen molar-refractivity contribution in [2.45, 2.75) is 39.2 Å². The van der Waals surface area contributed by atoms with Crippen molar-refractivity contribution in [1.82, 2.24) is 9.80 Å². The number of halogens is 2. The summed E-state index contributed by atoms with van der Waals surface area (Å²) in [5.74, 6) is 0.740.